The molecule has 0 saturated carbocycles. The van der Waals surface area contributed by atoms with Crippen molar-refractivity contribution in [3.63, 3.8) is 0 Å². The predicted molar refractivity (Wildman–Crippen MR) is 130 cm³/mol. The van der Waals surface area contributed by atoms with E-state index in [1.165, 1.54) is 11.3 Å². The molecular formula is C24H34N6O2. The van der Waals surface area contributed by atoms with Crippen LogP contribution in [0.2, 0.25) is 0 Å². The van der Waals surface area contributed by atoms with E-state index in [4.69, 9.17) is 5.73 Å². The Bertz CT molecular complexity index is 911. The van der Waals surface area contributed by atoms with Gasteiger partial charge in [-0.1, -0.05) is 24.3 Å². The van der Waals surface area contributed by atoms with Crippen molar-refractivity contribution in [3.05, 3.63) is 65.2 Å². The van der Waals surface area contributed by atoms with Crippen molar-refractivity contribution < 1.29 is 9.59 Å². The van der Waals surface area contributed by atoms with Crippen LogP contribution in [0, 0.1) is 6.92 Å². The molecule has 0 aliphatic rings. The van der Waals surface area contributed by atoms with Gasteiger partial charge in [0, 0.05) is 37.4 Å². The summed E-state index contributed by atoms with van der Waals surface area (Å²) in [7, 11) is 0. The molecule has 0 heterocycles. The normalized spacial score (nSPS) is 11.0. The summed E-state index contributed by atoms with van der Waals surface area (Å²) in [5, 5.41) is 9.12. The van der Waals surface area contributed by atoms with Gasteiger partial charge in [-0.05, 0) is 56.2 Å². The molecule has 2 aromatic rings. The van der Waals surface area contributed by atoms with Crippen LogP contribution < -0.4 is 26.6 Å². The fraction of sp³-hybridized carbons (Fsp3) is 0.375. The van der Waals surface area contributed by atoms with E-state index >= 15 is 0 Å². The van der Waals surface area contributed by atoms with Crippen molar-refractivity contribution in [2.75, 3.05) is 37.6 Å². The number of guanidine groups is 1. The van der Waals surface area contributed by atoms with Gasteiger partial charge in [0.2, 0.25) is 5.91 Å². The Morgan fingerprint density at radius 2 is 1.78 bits per heavy atom. The van der Waals surface area contributed by atoms with Crippen molar-refractivity contribution >= 4 is 23.5 Å². The maximum atomic E-state index is 12.0. The number of hydrogen-bond donors (Lipinski definition) is 4. The van der Waals surface area contributed by atoms with Crippen LogP contribution in [-0.2, 0) is 11.3 Å². The van der Waals surface area contributed by atoms with E-state index in [0.29, 0.717) is 12.1 Å². The molecule has 0 spiro atoms. The molecule has 0 bridgehead atoms. The second-order valence-electron chi connectivity index (χ2n) is 7.39. The van der Waals surface area contributed by atoms with Gasteiger partial charge in [-0.2, -0.15) is 0 Å². The fourth-order valence-electron chi connectivity index (χ4n) is 3.15. The van der Waals surface area contributed by atoms with Crippen LogP contribution in [0.25, 0.3) is 0 Å². The molecule has 2 rings (SSSR count). The topological polar surface area (TPSA) is 112 Å². The molecule has 0 aromatic heterocycles. The van der Waals surface area contributed by atoms with E-state index in [1.54, 1.807) is 12.1 Å². The van der Waals surface area contributed by atoms with Gasteiger partial charge < -0.3 is 26.6 Å². The third-order valence-corrected chi connectivity index (χ3v) is 4.83. The minimum Gasteiger partial charge on any atom is -0.370 e. The van der Waals surface area contributed by atoms with E-state index in [2.05, 4.69) is 64.0 Å². The fourth-order valence-corrected chi connectivity index (χ4v) is 3.15. The molecule has 8 heteroatoms. The average molecular weight is 439 g/mol. The van der Waals surface area contributed by atoms with Gasteiger partial charge in [0.1, 0.15) is 0 Å². The van der Waals surface area contributed by atoms with Crippen molar-refractivity contribution in [2.24, 2.45) is 10.7 Å². The molecule has 5 N–H and O–H groups in total. The van der Waals surface area contributed by atoms with Crippen molar-refractivity contribution in [1.29, 1.82) is 0 Å². The Labute approximate surface area is 190 Å². The number of hydrogen-bond acceptors (Lipinski definition) is 4. The molecule has 0 radical (unpaired) electrons. The van der Waals surface area contributed by atoms with Crippen LogP contribution in [-0.4, -0.2) is 50.5 Å². The smallest absolute Gasteiger partial charge is 0.251 e. The lowest BCUT2D eigenvalue weighted by atomic mass is 10.1. The van der Waals surface area contributed by atoms with Crippen molar-refractivity contribution in [1.82, 2.24) is 16.0 Å². The van der Waals surface area contributed by atoms with Gasteiger partial charge in [-0.25, -0.2) is 4.99 Å². The number of nitrogens with one attached hydrogen (secondary N) is 3. The van der Waals surface area contributed by atoms with Gasteiger partial charge in [-0.3, -0.25) is 9.59 Å². The van der Waals surface area contributed by atoms with Gasteiger partial charge in [0.15, 0.2) is 5.96 Å². The number of aliphatic imine (C=N–C) groups is 1. The second-order valence-corrected chi connectivity index (χ2v) is 7.39. The molecule has 32 heavy (non-hydrogen) atoms. The number of amides is 2. The van der Waals surface area contributed by atoms with E-state index in [9.17, 15) is 9.59 Å². The molecule has 0 aliphatic heterocycles. The summed E-state index contributed by atoms with van der Waals surface area (Å²) in [4.78, 5) is 29.7. The summed E-state index contributed by atoms with van der Waals surface area (Å²) in [6, 6.07) is 15.6. The number of carbonyl (C=O) groups excluding carboxylic acids is 2. The number of primary amides is 1. The highest BCUT2D eigenvalue weighted by atomic mass is 16.2. The Balaban J connectivity index is 1.90. The standard InChI is InChI=1S/C24H34N6O2/c1-4-26-24(27-13-14-30(5-2)21-8-6-7-18(3)15-21)29-16-19-9-11-20(12-10-19)23(32)28-17-22(25)31/h6-12,15H,4-5,13-14,16-17H2,1-3H3,(H2,25,31)(H,28,32)(H2,26,27,29). The number of carbonyl (C=O) groups is 2. The van der Waals surface area contributed by atoms with Crippen LogP contribution in [0.4, 0.5) is 5.69 Å². The Kier molecular flexibility index (Phi) is 10.0. The van der Waals surface area contributed by atoms with Crippen molar-refractivity contribution in [3.8, 4) is 0 Å². The minimum atomic E-state index is -0.575. The van der Waals surface area contributed by atoms with Gasteiger partial charge >= 0.3 is 0 Å². The molecular weight excluding hydrogens is 404 g/mol. The molecule has 0 fully saturated rings. The molecule has 2 amide bonds. The van der Waals surface area contributed by atoms with Gasteiger partial charge in [0.25, 0.3) is 5.91 Å². The zero-order chi connectivity index (χ0) is 23.3. The monoisotopic (exact) mass is 438 g/mol. The first-order valence-electron chi connectivity index (χ1n) is 10.9. The summed E-state index contributed by atoms with van der Waals surface area (Å²) in [6.45, 7) is 9.90. The SMILES string of the molecule is CCNC(=NCc1ccc(C(=O)NCC(N)=O)cc1)NCCN(CC)c1cccc(C)c1. The Hall–Kier alpha value is -3.55. The Morgan fingerprint density at radius 3 is 2.41 bits per heavy atom. The summed E-state index contributed by atoms with van der Waals surface area (Å²) >= 11 is 0. The number of nitrogens with zero attached hydrogens (tertiary/aromatic N) is 2. The lowest BCUT2D eigenvalue weighted by Crippen LogP contribution is -2.41. The molecule has 8 nitrogen and oxygen atoms in total. The lowest BCUT2D eigenvalue weighted by molar-refractivity contribution is -0.117. The highest BCUT2D eigenvalue weighted by Crippen LogP contribution is 2.15. The first kappa shape index (κ1) is 24.7. The maximum Gasteiger partial charge on any atom is 0.251 e. The van der Waals surface area contributed by atoms with E-state index < -0.39 is 5.91 Å². The third kappa shape index (κ3) is 8.29. The minimum absolute atomic E-state index is 0.179. The molecule has 0 unspecified atom stereocenters. The first-order chi connectivity index (χ1) is 15.4. The number of rotatable bonds is 11. The van der Waals surface area contributed by atoms with Crippen molar-refractivity contribution in [2.45, 2.75) is 27.3 Å². The van der Waals surface area contributed by atoms with E-state index in [0.717, 1.165) is 37.7 Å². The number of aryl methyl sites for hydroxylation is 1. The lowest BCUT2D eigenvalue weighted by Gasteiger charge is -2.24. The highest BCUT2D eigenvalue weighted by molar-refractivity contribution is 5.96. The molecule has 0 saturated heterocycles. The predicted octanol–water partition coefficient (Wildman–Crippen LogP) is 1.79. The number of benzene rings is 2. The Morgan fingerprint density at radius 1 is 1.03 bits per heavy atom. The van der Waals surface area contributed by atoms with Crippen LogP contribution in [0.3, 0.4) is 0 Å². The summed E-state index contributed by atoms with van der Waals surface area (Å²) in [5.41, 5.74) is 8.96. The molecule has 0 aliphatic carbocycles. The summed E-state index contributed by atoms with van der Waals surface area (Å²) in [6.07, 6.45) is 0. The quantitative estimate of drug-likeness (QED) is 0.316. The van der Waals surface area contributed by atoms with Crippen LogP contribution in [0.5, 0.6) is 0 Å². The highest BCUT2D eigenvalue weighted by Gasteiger charge is 2.07. The third-order valence-electron chi connectivity index (χ3n) is 4.83. The molecule has 172 valence electrons. The number of likely N-dealkylation sites (N-methyl/N-ethyl adjacent to an activating group) is 1. The maximum absolute atomic E-state index is 12.0. The van der Waals surface area contributed by atoms with Crippen LogP contribution in [0.15, 0.2) is 53.5 Å². The largest absolute Gasteiger partial charge is 0.370 e. The van der Waals surface area contributed by atoms with Crippen LogP contribution in [0.1, 0.15) is 35.3 Å². The zero-order valence-corrected chi connectivity index (χ0v) is 19.1. The first-order valence-corrected chi connectivity index (χ1v) is 10.9. The number of anilines is 1. The van der Waals surface area contributed by atoms with Crippen LogP contribution >= 0.6 is 0 Å². The summed E-state index contributed by atoms with van der Waals surface area (Å²) in [5.74, 6) is -0.160. The van der Waals surface area contributed by atoms with Gasteiger partial charge in [-0.15, -0.1) is 0 Å². The molecule has 2 aromatic carbocycles. The zero-order valence-electron chi connectivity index (χ0n) is 19.1. The second kappa shape index (κ2) is 13.0. The number of nitrogens with two attached hydrogens (primary N) is 1. The van der Waals surface area contributed by atoms with Gasteiger partial charge in [0.05, 0.1) is 13.1 Å². The summed E-state index contributed by atoms with van der Waals surface area (Å²) < 4.78 is 0. The average Bonchev–Trinajstić information content (AvgIpc) is 2.79. The molecule has 0 atom stereocenters. The van der Waals surface area contributed by atoms with E-state index in [-0.39, 0.29) is 12.5 Å². The van der Waals surface area contributed by atoms with E-state index in [1.807, 2.05) is 19.1 Å².